The van der Waals surface area contributed by atoms with Crippen LogP contribution in [0.5, 0.6) is 0 Å². The molecule has 204 valence electrons. The maximum Gasteiger partial charge on any atom is 0.254 e. The molecule has 1 saturated carbocycles. The van der Waals surface area contributed by atoms with Gasteiger partial charge in [-0.25, -0.2) is 4.98 Å². The molecule has 40 heavy (non-hydrogen) atoms. The number of anilines is 5. The van der Waals surface area contributed by atoms with Crippen LogP contribution in [0.1, 0.15) is 50.7 Å². The van der Waals surface area contributed by atoms with Crippen LogP contribution in [-0.2, 0) is 16.0 Å². The molecule has 2 aromatic heterocycles. The number of rotatable bonds is 6. The number of amides is 1. The van der Waals surface area contributed by atoms with Gasteiger partial charge >= 0.3 is 0 Å². The highest BCUT2D eigenvalue weighted by Gasteiger charge is 2.42. The second-order valence-corrected chi connectivity index (χ2v) is 10.4. The Balaban J connectivity index is 1.43. The molecule has 1 fully saturated rings. The first kappa shape index (κ1) is 25.8. The Kier molecular flexibility index (Phi) is 6.82. The van der Waals surface area contributed by atoms with E-state index in [0.29, 0.717) is 28.7 Å². The first-order chi connectivity index (χ1) is 19.5. The van der Waals surface area contributed by atoms with E-state index < -0.39 is 6.04 Å². The summed E-state index contributed by atoms with van der Waals surface area (Å²) in [4.78, 5) is 27.4. The molecule has 1 atom stereocenters. The molecule has 4 aromatic rings. The maximum atomic E-state index is 13.9. The Morgan fingerprint density at radius 1 is 1.18 bits per heavy atom. The second-order valence-electron chi connectivity index (χ2n) is 10.4. The fourth-order valence-electron chi connectivity index (χ4n) is 6.02. The van der Waals surface area contributed by atoms with Crippen LogP contribution < -0.4 is 15.1 Å². The van der Waals surface area contributed by atoms with Crippen molar-refractivity contribution in [1.82, 2.24) is 20.2 Å². The third kappa shape index (κ3) is 4.52. The Morgan fingerprint density at radius 3 is 2.75 bits per heavy atom. The van der Waals surface area contributed by atoms with Crippen LogP contribution in [0.25, 0.3) is 10.9 Å². The van der Waals surface area contributed by atoms with Crippen molar-refractivity contribution in [3.8, 4) is 6.07 Å². The number of nitriles is 1. The summed E-state index contributed by atoms with van der Waals surface area (Å²) in [6, 6.07) is 13.1. The SMILES string of the molecule is CCc1cc(Nc2ncc3c(n2)N(C2CCC(OC)CC2)C(C)C(=O)N3c2cccc(C#N)c2)cc2cn[nH]c12. The zero-order valence-corrected chi connectivity index (χ0v) is 22.9. The molecule has 0 bridgehead atoms. The maximum absolute atomic E-state index is 13.9. The first-order valence-corrected chi connectivity index (χ1v) is 13.8. The predicted octanol–water partition coefficient (Wildman–Crippen LogP) is 5.36. The molecule has 10 heteroatoms. The van der Waals surface area contributed by atoms with E-state index in [1.54, 1.807) is 36.4 Å². The van der Waals surface area contributed by atoms with Crippen LogP contribution in [0.2, 0.25) is 0 Å². The number of aromatic amines is 1. The molecule has 2 aliphatic rings. The number of nitrogens with zero attached hydrogens (tertiary/aromatic N) is 6. The molecule has 2 aromatic carbocycles. The Morgan fingerprint density at radius 2 is 2.00 bits per heavy atom. The van der Waals surface area contributed by atoms with Crippen molar-refractivity contribution in [1.29, 1.82) is 5.26 Å². The van der Waals surface area contributed by atoms with Crippen LogP contribution in [0.15, 0.2) is 48.8 Å². The fourth-order valence-corrected chi connectivity index (χ4v) is 6.02. The minimum atomic E-state index is -0.445. The number of methoxy groups -OCH3 is 1. The van der Waals surface area contributed by atoms with Crippen molar-refractivity contribution in [3.05, 3.63) is 59.9 Å². The molecule has 0 saturated heterocycles. The number of hydrogen-bond acceptors (Lipinski definition) is 8. The molecule has 0 spiro atoms. The van der Waals surface area contributed by atoms with Gasteiger partial charge in [0.25, 0.3) is 5.91 Å². The number of benzene rings is 2. The summed E-state index contributed by atoms with van der Waals surface area (Å²) < 4.78 is 5.61. The van der Waals surface area contributed by atoms with Gasteiger partial charge in [0, 0.05) is 24.2 Å². The predicted molar refractivity (Wildman–Crippen MR) is 154 cm³/mol. The van der Waals surface area contributed by atoms with E-state index in [1.165, 1.54) is 0 Å². The molecule has 1 aliphatic heterocycles. The van der Waals surface area contributed by atoms with Crippen LogP contribution in [0, 0.1) is 11.3 Å². The topological polar surface area (TPSA) is 123 Å². The fraction of sp³-hybridized carbons (Fsp3) is 0.367. The third-order valence-electron chi connectivity index (χ3n) is 8.10. The Hall–Kier alpha value is -4.49. The van der Waals surface area contributed by atoms with Gasteiger partial charge in [0.05, 0.1) is 41.3 Å². The normalized spacial score (nSPS) is 20.9. The van der Waals surface area contributed by atoms with Gasteiger partial charge < -0.3 is 15.0 Å². The Labute approximate surface area is 233 Å². The number of nitrogens with one attached hydrogen (secondary N) is 2. The van der Waals surface area contributed by atoms with Crippen molar-refractivity contribution in [2.75, 3.05) is 22.2 Å². The van der Waals surface area contributed by atoms with Crippen LogP contribution in [0.3, 0.4) is 0 Å². The molecule has 10 nitrogen and oxygen atoms in total. The van der Waals surface area contributed by atoms with Gasteiger partial charge in [0.1, 0.15) is 11.7 Å². The molecule has 2 N–H and O–H groups in total. The summed E-state index contributed by atoms with van der Waals surface area (Å²) in [6.45, 7) is 4.05. The summed E-state index contributed by atoms with van der Waals surface area (Å²) in [5.74, 6) is 1.08. The van der Waals surface area contributed by atoms with Gasteiger partial charge in [-0.3, -0.25) is 14.8 Å². The molecule has 1 unspecified atom stereocenters. The van der Waals surface area contributed by atoms with Gasteiger partial charge in [-0.1, -0.05) is 13.0 Å². The average molecular weight is 537 g/mol. The van der Waals surface area contributed by atoms with E-state index in [2.05, 4.69) is 44.5 Å². The third-order valence-corrected chi connectivity index (χ3v) is 8.10. The second kappa shape index (κ2) is 10.6. The van der Waals surface area contributed by atoms with Crippen LogP contribution in [-0.4, -0.2) is 51.4 Å². The van der Waals surface area contributed by atoms with Gasteiger partial charge in [-0.15, -0.1) is 0 Å². The highest BCUT2D eigenvalue weighted by atomic mass is 16.5. The minimum Gasteiger partial charge on any atom is -0.381 e. The van der Waals surface area contributed by atoms with Gasteiger partial charge in [-0.05, 0) is 74.9 Å². The van der Waals surface area contributed by atoms with Crippen molar-refractivity contribution in [2.45, 2.75) is 64.1 Å². The summed E-state index contributed by atoms with van der Waals surface area (Å²) in [7, 11) is 1.76. The zero-order chi connectivity index (χ0) is 27.8. The van der Waals surface area contributed by atoms with Crippen molar-refractivity contribution < 1.29 is 9.53 Å². The van der Waals surface area contributed by atoms with E-state index >= 15 is 0 Å². The number of carbonyl (C=O) groups excluding carboxylic acids is 1. The molecule has 6 rings (SSSR count). The molecule has 0 radical (unpaired) electrons. The minimum absolute atomic E-state index is 0.0706. The highest BCUT2D eigenvalue weighted by Crippen LogP contribution is 2.43. The highest BCUT2D eigenvalue weighted by molar-refractivity contribution is 6.10. The van der Waals surface area contributed by atoms with E-state index in [4.69, 9.17) is 9.72 Å². The molecular weight excluding hydrogens is 504 g/mol. The lowest BCUT2D eigenvalue weighted by molar-refractivity contribution is -0.119. The van der Waals surface area contributed by atoms with E-state index in [-0.39, 0.29) is 18.1 Å². The monoisotopic (exact) mass is 536 g/mol. The number of ether oxygens (including phenoxy) is 1. The number of hydrogen-bond donors (Lipinski definition) is 2. The smallest absolute Gasteiger partial charge is 0.254 e. The average Bonchev–Trinajstić information content (AvgIpc) is 3.47. The number of fused-ring (bicyclic) bond motifs is 2. The summed E-state index contributed by atoms with van der Waals surface area (Å²) >= 11 is 0. The van der Waals surface area contributed by atoms with Crippen LogP contribution in [0.4, 0.5) is 28.8 Å². The molecular formula is C30H32N8O2. The quantitative estimate of drug-likeness (QED) is 0.338. The van der Waals surface area contributed by atoms with Crippen molar-refractivity contribution in [2.24, 2.45) is 0 Å². The molecule has 1 amide bonds. The first-order valence-electron chi connectivity index (χ1n) is 13.8. The van der Waals surface area contributed by atoms with Crippen LogP contribution >= 0.6 is 0 Å². The lowest BCUT2D eigenvalue weighted by Crippen LogP contribution is -2.55. The van der Waals surface area contributed by atoms with Crippen molar-refractivity contribution in [3.63, 3.8) is 0 Å². The Bertz CT molecular complexity index is 1600. The number of carbonyl (C=O) groups is 1. The zero-order valence-electron chi connectivity index (χ0n) is 22.9. The van der Waals surface area contributed by atoms with E-state index in [9.17, 15) is 10.1 Å². The summed E-state index contributed by atoms with van der Waals surface area (Å²) in [5, 5.41) is 21.2. The summed E-state index contributed by atoms with van der Waals surface area (Å²) in [6.07, 6.45) is 8.29. The standard InChI is InChI=1S/C30H32N8O2/c1-4-20-13-22(14-21-16-33-36-27(20)21)34-30-32-17-26-28(35-30)37(23-8-10-25(40-3)11-9-23)18(2)29(39)38(26)24-7-5-6-19(12-24)15-31/h5-7,12-14,16-18,23,25H,4,8-11H2,1-3H3,(H,33,36)(H,32,34,35). The van der Waals surface area contributed by atoms with Gasteiger partial charge in [0.15, 0.2) is 5.82 Å². The number of H-pyrrole nitrogens is 1. The largest absolute Gasteiger partial charge is 0.381 e. The molecule has 3 heterocycles. The lowest BCUT2D eigenvalue weighted by Gasteiger charge is -2.46. The van der Waals surface area contributed by atoms with Crippen molar-refractivity contribution >= 4 is 45.6 Å². The van der Waals surface area contributed by atoms with Gasteiger partial charge in [-0.2, -0.15) is 15.3 Å². The lowest BCUT2D eigenvalue weighted by atomic mass is 9.90. The number of aryl methyl sites for hydroxylation is 1. The number of aromatic nitrogens is 4. The van der Waals surface area contributed by atoms with E-state index in [0.717, 1.165) is 54.3 Å². The van der Waals surface area contributed by atoms with Gasteiger partial charge in [0.2, 0.25) is 5.95 Å². The van der Waals surface area contributed by atoms with E-state index in [1.807, 2.05) is 25.3 Å². The molecule has 1 aliphatic carbocycles. The summed E-state index contributed by atoms with van der Waals surface area (Å²) in [5.41, 5.74) is 4.77.